The van der Waals surface area contributed by atoms with Crippen LogP contribution in [0.4, 0.5) is 5.69 Å². The first-order valence-corrected chi connectivity index (χ1v) is 6.21. The molecule has 1 aromatic rings. The average molecular weight is 300 g/mol. The van der Waals surface area contributed by atoms with E-state index in [0.717, 1.165) is 10.3 Å². The number of aliphatic hydroxyl groups is 1. The molecule has 2 atom stereocenters. The van der Waals surface area contributed by atoms with Gasteiger partial charge in [0.2, 0.25) is 5.91 Å². The molecule has 0 radical (unpaired) electrons. The standard InChI is InChI=1S/C11H14BrN3O2/c1-6-8(2-3-10(12)14-6)15-11(17)9-4-7(16)5-13-9/h2-3,7,9,13,16H,4-5H2,1H3,(H,15,17). The molecule has 1 amide bonds. The van der Waals surface area contributed by atoms with E-state index in [0.29, 0.717) is 18.7 Å². The van der Waals surface area contributed by atoms with Crippen LogP contribution in [0.5, 0.6) is 0 Å². The summed E-state index contributed by atoms with van der Waals surface area (Å²) in [5.41, 5.74) is 1.45. The summed E-state index contributed by atoms with van der Waals surface area (Å²) in [7, 11) is 0. The maximum absolute atomic E-state index is 11.9. The van der Waals surface area contributed by atoms with Crippen LogP contribution in [0.15, 0.2) is 16.7 Å². The minimum Gasteiger partial charge on any atom is -0.392 e. The van der Waals surface area contributed by atoms with E-state index in [1.165, 1.54) is 0 Å². The van der Waals surface area contributed by atoms with Gasteiger partial charge in [-0.25, -0.2) is 4.98 Å². The van der Waals surface area contributed by atoms with Gasteiger partial charge in [-0.2, -0.15) is 0 Å². The van der Waals surface area contributed by atoms with Crippen molar-refractivity contribution in [3.05, 3.63) is 22.4 Å². The summed E-state index contributed by atoms with van der Waals surface area (Å²) in [6.45, 7) is 2.30. The third-order valence-corrected chi connectivity index (χ3v) is 3.18. The Morgan fingerprint density at radius 1 is 1.65 bits per heavy atom. The van der Waals surface area contributed by atoms with Gasteiger partial charge in [0.25, 0.3) is 0 Å². The topological polar surface area (TPSA) is 74.2 Å². The van der Waals surface area contributed by atoms with Crippen molar-refractivity contribution in [2.45, 2.75) is 25.5 Å². The molecule has 2 rings (SSSR count). The third kappa shape index (κ3) is 3.02. The summed E-state index contributed by atoms with van der Waals surface area (Å²) in [6.07, 6.45) is 0.0179. The van der Waals surface area contributed by atoms with Crippen molar-refractivity contribution in [3.8, 4) is 0 Å². The lowest BCUT2D eigenvalue weighted by Gasteiger charge is -2.12. The first kappa shape index (κ1) is 12.5. The van der Waals surface area contributed by atoms with Gasteiger partial charge in [-0.1, -0.05) is 0 Å². The number of hydrogen-bond acceptors (Lipinski definition) is 4. The second-order valence-electron chi connectivity index (χ2n) is 4.11. The van der Waals surface area contributed by atoms with Crippen molar-refractivity contribution in [2.75, 3.05) is 11.9 Å². The zero-order chi connectivity index (χ0) is 12.4. The lowest BCUT2D eigenvalue weighted by Crippen LogP contribution is -2.35. The number of aromatic nitrogens is 1. The van der Waals surface area contributed by atoms with Crippen molar-refractivity contribution in [2.24, 2.45) is 0 Å². The van der Waals surface area contributed by atoms with E-state index in [1.807, 2.05) is 6.92 Å². The number of halogens is 1. The molecule has 1 aliphatic rings. The number of anilines is 1. The van der Waals surface area contributed by atoms with E-state index in [1.54, 1.807) is 12.1 Å². The van der Waals surface area contributed by atoms with Gasteiger partial charge in [0.1, 0.15) is 4.60 Å². The molecule has 5 nitrogen and oxygen atoms in total. The second kappa shape index (κ2) is 5.12. The third-order valence-electron chi connectivity index (χ3n) is 2.73. The summed E-state index contributed by atoms with van der Waals surface area (Å²) in [6, 6.07) is 3.25. The number of amides is 1. The van der Waals surface area contributed by atoms with Gasteiger partial charge in [0, 0.05) is 6.54 Å². The zero-order valence-corrected chi connectivity index (χ0v) is 11.0. The summed E-state index contributed by atoms with van der Waals surface area (Å²) < 4.78 is 0.738. The first-order chi connectivity index (χ1) is 8.06. The number of rotatable bonds is 2. The number of β-amino-alcohol motifs (C(OH)–C–C–N with tert-alkyl or cyclic N) is 1. The maximum Gasteiger partial charge on any atom is 0.241 e. The fourth-order valence-electron chi connectivity index (χ4n) is 1.80. The molecule has 0 aliphatic carbocycles. The van der Waals surface area contributed by atoms with Crippen molar-refractivity contribution in [1.29, 1.82) is 0 Å². The molecule has 1 aromatic heterocycles. The monoisotopic (exact) mass is 299 g/mol. The fraction of sp³-hybridized carbons (Fsp3) is 0.455. The summed E-state index contributed by atoms with van der Waals surface area (Å²) >= 11 is 3.27. The van der Waals surface area contributed by atoms with Gasteiger partial charge in [-0.15, -0.1) is 0 Å². The number of nitrogens with one attached hydrogen (secondary N) is 2. The van der Waals surface area contributed by atoms with E-state index in [2.05, 4.69) is 31.5 Å². The van der Waals surface area contributed by atoms with E-state index in [-0.39, 0.29) is 11.9 Å². The van der Waals surface area contributed by atoms with Crippen molar-refractivity contribution >= 4 is 27.5 Å². The van der Waals surface area contributed by atoms with E-state index in [4.69, 9.17) is 0 Å². The Balaban J connectivity index is 2.03. The van der Waals surface area contributed by atoms with E-state index < -0.39 is 6.10 Å². The molecule has 2 heterocycles. The van der Waals surface area contributed by atoms with Gasteiger partial charge in [-0.05, 0) is 41.4 Å². The van der Waals surface area contributed by atoms with E-state index in [9.17, 15) is 9.90 Å². The minimum atomic E-state index is -0.435. The molecule has 1 saturated heterocycles. The molecule has 6 heteroatoms. The van der Waals surface area contributed by atoms with Crippen LogP contribution in [0, 0.1) is 6.92 Å². The highest BCUT2D eigenvalue weighted by molar-refractivity contribution is 9.10. The molecule has 0 saturated carbocycles. The van der Waals surface area contributed by atoms with Crippen LogP contribution in [-0.4, -0.2) is 34.7 Å². The molecular weight excluding hydrogens is 286 g/mol. The van der Waals surface area contributed by atoms with Gasteiger partial charge in [-0.3, -0.25) is 4.79 Å². The SMILES string of the molecule is Cc1nc(Br)ccc1NC(=O)C1CC(O)CN1. The second-order valence-corrected chi connectivity index (χ2v) is 4.92. The summed E-state index contributed by atoms with van der Waals surface area (Å²) in [5, 5.41) is 15.1. The number of carbonyl (C=O) groups is 1. The van der Waals surface area contributed by atoms with Gasteiger partial charge >= 0.3 is 0 Å². The molecule has 92 valence electrons. The maximum atomic E-state index is 11.9. The number of aryl methyl sites for hydroxylation is 1. The lowest BCUT2D eigenvalue weighted by molar-refractivity contribution is -0.117. The Morgan fingerprint density at radius 3 is 3.00 bits per heavy atom. The Bertz CT molecular complexity index is 439. The van der Waals surface area contributed by atoms with Crippen LogP contribution in [0.2, 0.25) is 0 Å². The molecule has 1 fully saturated rings. The van der Waals surface area contributed by atoms with Gasteiger partial charge in [0.05, 0.1) is 23.5 Å². The van der Waals surface area contributed by atoms with Crippen LogP contribution in [0.1, 0.15) is 12.1 Å². The van der Waals surface area contributed by atoms with Crippen LogP contribution in [0.25, 0.3) is 0 Å². The Hall–Kier alpha value is -0.980. The van der Waals surface area contributed by atoms with Crippen molar-refractivity contribution in [3.63, 3.8) is 0 Å². The summed E-state index contributed by atoms with van der Waals surface area (Å²) in [4.78, 5) is 16.1. The summed E-state index contributed by atoms with van der Waals surface area (Å²) in [5.74, 6) is -0.131. The van der Waals surface area contributed by atoms with E-state index >= 15 is 0 Å². The Morgan fingerprint density at radius 2 is 2.41 bits per heavy atom. The van der Waals surface area contributed by atoms with Gasteiger partial charge < -0.3 is 15.7 Å². The van der Waals surface area contributed by atoms with Crippen LogP contribution in [-0.2, 0) is 4.79 Å². The molecule has 17 heavy (non-hydrogen) atoms. The molecule has 3 N–H and O–H groups in total. The highest BCUT2D eigenvalue weighted by Gasteiger charge is 2.28. The highest BCUT2D eigenvalue weighted by atomic mass is 79.9. The number of carbonyl (C=O) groups excluding carboxylic acids is 1. The zero-order valence-electron chi connectivity index (χ0n) is 9.40. The number of aliphatic hydroxyl groups excluding tert-OH is 1. The predicted molar refractivity (Wildman–Crippen MR) is 67.7 cm³/mol. The van der Waals surface area contributed by atoms with Crippen LogP contribution < -0.4 is 10.6 Å². The van der Waals surface area contributed by atoms with Gasteiger partial charge in [0.15, 0.2) is 0 Å². The first-order valence-electron chi connectivity index (χ1n) is 5.41. The molecule has 1 aliphatic heterocycles. The number of pyridine rings is 1. The molecular formula is C11H14BrN3O2. The normalized spacial score (nSPS) is 23.7. The largest absolute Gasteiger partial charge is 0.392 e. The smallest absolute Gasteiger partial charge is 0.241 e. The minimum absolute atomic E-state index is 0.131. The average Bonchev–Trinajstić information content (AvgIpc) is 2.69. The Labute approximate surface area is 108 Å². The van der Waals surface area contributed by atoms with Crippen molar-refractivity contribution < 1.29 is 9.90 Å². The quantitative estimate of drug-likeness (QED) is 0.707. The highest BCUT2D eigenvalue weighted by Crippen LogP contribution is 2.17. The molecule has 0 aromatic carbocycles. The van der Waals surface area contributed by atoms with Crippen LogP contribution >= 0.6 is 15.9 Å². The molecule has 2 unspecified atom stereocenters. The predicted octanol–water partition coefficient (Wildman–Crippen LogP) is 0.814. The van der Waals surface area contributed by atoms with Crippen molar-refractivity contribution in [1.82, 2.24) is 10.3 Å². The lowest BCUT2D eigenvalue weighted by atomic mass is 10.2. The number of nitrogens with zero attached hydrogens (tertiary/aromatic N) is 1. The molecule has 0 spiro atoms. The molecule has 0 bridgehead atoms. The fourth-order valence-corrected chi connectivity index (χ4v) is 2.20. The van der Waals surface area contributed by atoms with Crippen LogP contribution in [0.3, 0.4) is 0 Å². The number of hydrogen-bond donors (Lipinski definition) is 3. The Kier molecular flexibility index (Phi) is 3.76.